The molecule has 0 saturated carbocycles. The van der Waals surface area contributed by atoms with Crippen LogP contribution in [0.2, 0.25) is 0 Å². The van der Waals surface area contributed by atoms with Crippen molar-refractivity contribution in [3.63, 3.8) is 0 Å². The molecule has 0 aliphatic rings. The highest BCUT2D eigenvalue weighted by molar-refractivity contribution is 5.52. The molecule has 0 spiro atoms. The predicted octanol–water partition coefficient (Wildman–Crippen LogP) is 3.43. The molecule has 2 rings (SSSR count). The van der Waals surface area contributed by atoms with Crippen LogP contribution in [0.4, 0.5) is 10.1 Å². The standard InChI is InChI=1S/C16H16FN3/c1-3-20(11-15-6-4-5-12(2)19-15)16-8-13(10-18)7-14(17)9-16/h4-9H,3,11H2,1-2H3. The number of hydrogen-bond donors (Lipinski definition) is 0. The van der Waals surface area contributed by atoms with Crippen LogP contribution >= 0.6 is 0 Å². The molecule has 102 valence electrons. The van der Waals surface area contributed by atoms with Crippen LogP contribution < -0.4 is 4.90 Å². The first-order chi connectivity index (χ1) is 9.62. The van der Waals surface area contributed by atoms with Crippen molar-refractivity contribution in [2.45, 2.75) is 20.4 Å². The lowest BCUT2D eigenvalue weighted by molar-refractivity contribution is 0.626. The van der Waals surface area contributed by atoms with Gasteiger partial charge in [-0.1, -0.05) is 6.07 Å². The third-order valence-electron chi connectivity index (χ3n) is 3.06. The number of nitrogens with zero attached hydrogens (tertiary/aromatic N) is 3. The molecule has 3 nitrogen and oxygen atoms in total. The Morgan fingerprint density at radius 2 is 2.10 bits per heavy atom. The largest absolute Gasteiger partial charge is 0.366 e. The second-order valence-electron chi connectivity index (χ2n) is 4.59. The summed E-state index contributed by atoms with van der Waals surface area (Å²) in [6, 6.07) is 12.2. The lowest BCUT2D eigenvalue weighted by Gasteiger charge is -2.23. The first kappa shape index (κ1) is 14.0. The number of hydrogen-bond acceptors (Lipinski definition) is 3. The van der Waals surface area contributed by atoms with Gasteiger partial charge in [-0.2, -0.15) is 5.26 Å². The van der Waals surface area contributed by atoms with Gasteiger partial charge in [-0.15, -0.1) is 0 Å². The molecule has 1 heterocycles. The molecule has 0 saturated heterocycles. The number of pyridine rings is 1. The van der Waals surface area contributed by atoms with E-state index in [-0.39, 0.29) is 0 Å². The van der Waals surface area contributed by atoms with Crippen molar-refractivity contribution >= 4 is 5.69 Å². The van der Waals surface area contributed by atoms with Crippen LogP contribution in [0.25, 0.3) is 0 Å². The second kappa shape index (κ2) is 6.16. The fourth-order valence-corrected chi connectivity index (χ4v) is 2.09. The first-order valence-corrected chi connectivity index (χ1v) is 6.50. The van der Waals surface area contributed by atoms with E-state index in [9.17, 15) is 4.39 Å². The molecule has 0 fully saturated rings. The van der Waals surface area contributed by atoms with Crippen molar-refractivity contribution in [1.29, 1.82) is 5.26 Å². The monoisotopic (exact) mass is 269 g/mol. The van der Waals surface area contributed by atoms with Gasteiger partial charge in [0.2, 0.25) is 0 Å². The van der Waals surface area contributed by atoms with Crippen molar-refractivity contribution in [2.75, 3.05) is 11.4 Å². The van der Waals surface area contributed by atoms with Crippen LogP contribution in [0.3, 0.4) is 0 Å². The maximum atomic E-state index is 13.5. The number of halogens is 1. The van der Waals surface area contributed by atoms with Crippen LogP contribution in [0.5, 0.6) is 0 Å². The minimum atomic E-state index is -0.394. The Balaban J connectivity index is 2.29. The fourth-order valence-electron chi connectivity index (χ4n) is 2.09. The van der Waals surface area contributed by atoms with Gasteiger partial charge in [0.15, 0.2) is 0 Å². The molecule has 0 aliphatic carbocycles. The number of anilines is 1. The summed E-state index contributed by atoms with van der Waals surface area (Å²) >= 11 is 0. The van der Waals surface area contributed by atoms with Gasteiger partial charge < -0.3 is 4.90 Å². The Kier molecular flexibility index (Phi) is 4.31. The molecule has 1 aromatic heterocycles. The Morgan fingerprint density at radius 1 is 1.30 bits per heavy atom. The maximum Gasteiger partial charge on any atom is 0.126 e. The van der Waals surface area contributed by atoms with E-state index < -0.39 is 5.82 Å². The smallest absolute Gasteiger partial charge is 0.126 e. The lowest BCUT2D eigenvalue weighted by Crippen LogP contribution is -2.23. The van der Waals surface area contributed by atoms with Gasteiger partial charge in [-0.05, 0) is 44.2 Å². The quantitative estimate of drug-likeness (QED) is 0.853. The third-order valence-corrected chi connectivity index (χ3v) is 3.06. The zero-order valence-electron chi connectivity index (χ0n) is 11.6. The van der Waals surface area contributed by atoms with Crippen molar-refractivity contribution in [2.24, 2.45) is 0 Å². The van der Waals surface area contributed by atoms with E-state index in [4.69, 9.17) is 5.26 Å². The molecule has 4 heteroatoms. The maximum absolute atomic E-state index is 13.5. The topological polar surface area (TPSA) is 39.9 Å². The number of rotatable bonds is 4. The number of aromatic nitrogens is 1. The normalized spacial score (nSPS) is 10.1. The highest BCUT2D eigenvalue weighted by Crippen LogP contribution is 2.20. The lowest BCUT2D eigenvalue weighted by atomic mass is 10.2. The van der Waals surface area contributed by atoms with Crippen LogP contribution in [0, 0.1) is 24.1 Å². The number of benzene rings is 1. The summed E-state index contributed by atoms with van der Waals surface area (Å²) in [5, 5.41) is 8.92. The van der Waals surface area contributed by atoms with Crippen LogP contribution in [0.15, 0.2) is 36.4 Å². The predicted molar refractivity (Wildman–Crippen MR) is 76.8 cm³/mol. The molecule has 1 aromatic carbocycles. The molecule has 0 unspecified atom stereocenters. The van der Waals surface area contributed by atoms with Crippen LogP contribution in [-0.2, 0) is 6.54 Å². The Bertz CT molecular complexity index is 646. The van der Waals surface area contributed by atoms with Gasteiger partial charge in [0.05, 0.1) is 23.9 Å². The Hall–Kier alpha value is -2.41. The first-order valence-electron chi connectivity index (χ1n) is 6.50. The summed E-state index contributed by atoms with van der Waals surface area (Å²) < 4.78 is 13.5. The molecule has 0 bridgehead atoms. The van der Waals surface area contributed by atoms with Gasteiger partial charge in [0, 0.05) is 17.9 Å². The van der Waals surface area contributed by atoms with E-state index in [0.29, 0.717) is 24.3 Å². The highest BCUT2D eigenvalue weighted by Gasteiger charge is 2.09. The second-order valence-corrected chi connectivity index (χ2v) is 4.59. The highest BCUT2D eigenvalue weighted by atomic mass is 19.1. The van der Waals surface area contributed by atoms with Crippen molar-refractivity contribution in [1.82, 2.24) is 4.98 Å². The number of aryl methyl sites for hydroxylation is 1. The summed E-state index contributed by atoms with van der Waals surface area (Å²) in [5.74, 6) is -0.394. The number of nitriles is 1. The van der Waals surface area contributed by atoms with Gasteiger partial charge in [-0.25, -0.2) is 4.39 Å². The van der Waals surface area contributed by atoms with Crippen molar-refractivity contribution in [3.05, 3.63) is 59.2 Å². The fraction of sp³-hybridized carbons (Fsp3) is 0.250. The summed E-state index contributed by atoms with van der Waals surface area (Å²) in [6.07, 6.45) is 0. The van der Waals surface area contributed by atoms with Crippen molar-refractivity contribution in [3.8, 4) is 6.07 Å². The van der Waals surface area contributed by atoms with Gasteiger partial charge >= 0.3 is 0 Å². The van der Waals surface area contributed by atoms with Gasteiger partial charge in [-0.3, -0.25) is 4.98 Å². The van der Waals surface area contributed by atoms with E-state index in [0.717, 1.165) is 11.4 Å². The van der Waals surface area contributed by atoms with Crippen LogP contribution in [0.1, 0.15) is 23.9 Å². The molecular formula is C16H16FN3. The molecular weight excluding hydrogens is 253 g/mol. The van der Waals surface area contributed by atoms with E-state index in [1.54, 1.807) is 6.07 Å². The average Bonchev–Trinajstić information content (AvgIpc) is 2.44. The van der Waals surface area contributed by atoms with E-state index in [1.165, 1.54) is 12.1 Å². The van der Waals surface area contributed by atoms with E-state index in [2.05, 4.69) is 4.98 Å². The van der Waals surface area contributed by atoms with Gasteiger partial charge in [0.25, 0.3) is 0 Å². The molecule has 0 radical (unpaired) electrons. The molecule has 0 atom stereocenters. The molecule has 0 aliphatic heterocycles. The van der Waals surface area contributed by atoms with E-state index in [1.807, 2.05) is 43.0 Å². The van der Waals surface area contributed by atoms with Crippen LogP contribution in [-0.4, -0.2) is 11.5 Å². The summed E-state index contributed by atoms with van der Waals surface area (Å²) in [5.41, 5.74) is 2.91. The molecule has 0 amide bonds. The molecule has 2 aromatic rings. The minimum Gasteiger partial charge on any atom is -0.366 e. The Morgan fingerprint density at radius 3 is 2.75 bits per heavy atom. The van der Waals surface area contributed by atoms with Gasteiger partial charge in [0.1, 0.15) is 5.82 Å². The summed E-state index contributed by atoms with van der Waals surface area (Å²) in [4.78, 5) is 6.44. The molecule has 20 heavy (non-hydrogen) atoms. The third kappa shape index (κ3) is 3.33. The zero-order valence-corrected chi connectivity index (χ0v) is 11.6. The summed E-state index contributed by atoms with van der Waals surface area (Å²) in [6.45, 7) is 5.24. The Labute approximate surface area is 118 Å². The SMILES string of the molecule is CCN(Cc1cccc(C)n1)c1cc(F)cc(C#N)c1. The zero-order chi connectivity index (χ0) is 14.5. The average molecular weight is 269 g/mol. The minimum absolute atomic E-state index is 0.329. The van der Waals surface area contributed by atoms with Crippen molar-refractivity contribution < 1.29 is 4.39 Å². The summed E-state index contributed by atoms with van der Waals surface area (Å²) in [7, 11) is 0. The molecule has 0 N–H and O–H groups in total. The van der Waals surface area contributed by atoms with E-state index >= 15 is 0 Å².